The van der Waals surface area contributed by atoms with E-state index in [1.807, 2.05) is 18.0 Å². The van der Waals surface area contributed by atoms with Crippen LogP contribution in [-0.4, -0.2) is 47.4 Å². The molecule has 2 aliphatic heterocycles. The summed E-state index contributed by atoms with van der Waals surface area (Å²) in [5.74, 6) is 0.228. The van der Waals surface area contributed by atoms with Crippen LogP contribution >= 0.6 is 11.3 Å². The number of fused-ring (bicyclic) bond motifs is 2. The Morgan fingerprint density at radius 2 is 2.15 bits per heavy atom. The SMILES string of the molecule is CN(Cc1cccs1)C(=O)CN1C2CCC1CC(N)C2. The van der Waals surface area contributed by atoms with E-state index >= 15 is 0 Å². The van der Waals surface area contributed by atoms with E-state index in [0.717, 1.165) is 19.4 Å². The first-order valence-corrected chi connectivity index (χ1v) is 8.29. The number of thiophene rings is 1. The molecule has 20 heavy (non-hydrogen) atoms. The Morgan fingerprint density at radius 3 is 2.75 bits per heavy atom. The number of carbonyl (C=O) groups excluding carboxylic acids is 1. The van der Waals surface area contributed by atoms with Crippen LogP contribution in [0.3, 0.4) is 0 Å². The molecule has 2 unspecified atom stereocenters. The molecule has 110 valence electrons. The molecule has 3 rings (SSSR count). The summed E-state index contributed by atoms with van der Waals surface area (Å²) in [6.45, 7) is 1.28. The predicted octanol–water partition coefficient (Wildman–Crippen LogP) is 1.66. The van der Waals surface area contributed by atoms with Gasteiger partial charge >= 0.3 is 0 Å². The lowest BCUT2D eigenvalue weighted by molar-refractivity contribution is -0.132. The van der Waals surface area contributed by atoms with Crippen molar-refractivity contribution < 1.29 is 4.79 Å². The van der Waals surface area contributed by atoms with E-state index in [4.69, 9.17) is 5.73 Å². The molecule has 0 aliphatic carbocycles. The summed E-state index contributed by atoms with van der Waals surface area (Å²) in [5, 5.41) is 2.06. The summed E-state index contributed by atoms with van der Waals surface area (Å²) in [6, 6.07) is 5.51. The van der Waals surface area contributed by atoms with Gasteiger partial charge in [0.15, 0.2) is 0 Å². The van der Waals surface area contributed by atoms with Crippen LogP contribution in [0.25, 0.3) is 0 Å². The van der Waals surface area contributed by atoms with Crippen molar-refractivity contribution >= 4 is 17.2 Å². The van der Waals surface area contributed by atoms with E-state index in [2.05, 4.69) is 16.3 Å². The quantitative estimate of drug-likeness (QED) is 0.918. The van der Waals surface area contributed by atoms with Gasteiger partial charge < -0.3 is 10.6 Å². The molecule has 0 radical (unpaired) electrons. The van der Waals surface area contributed by atoms with Crippen molar-refractivity contribution in [3.63, 3.8) is 0 Å². The van der Waals surface area contributed by atoms with Gasteiger partial charge in [-0.15, -0.1) is 11.3 Å². The minimum Gasteiger partial charge on any atom is -0.340 e. The van der Waals surface area contributed by atoms with Crippen LogP contribution in [0.2, 0.25) is 0 Å². The molecule has 0 saturated carbocycles. The molecule has 2 N–H and O–H groups in total. The van der Waals surface area contributed by atoms with Crippen molar-refractivity contribution in [1.29, 1.82) is 0 Å². The van der Waals surface area contributed by atoms with Crippen LogP contribution in [0.1, 0.15) is 30.6 Å². The Morgan fingerprint density at radius 1 is 1.45 bits per heavy atom. The number of nitrogens with zero attached hydrogens (tertiary/aromatic N) is 2. The predicted molar refractivity (Wildman–Crippen MR) is 81.5 cm³/mol. The fourth-order valence-corrected chi connectivity index (χ4v) is 4.33. The maximum absolute atomic E-state index is 12.4. The molecule has 1 aromatic heterocycles. The second-order valence-electron chi connectivity index (χ2n) is 6.12. The van der Waals surface area contributed by atoms with Gasteiger partial charge in [0.1, 0.15) is 0 Å². The number of likely N-dealkylation sites (N-methyl/N-ethyl adjacent to an activating group) is 1. The number of piperidine rings is 1. The first-order chi connectivity index (χ1) is 9.63. The third kappa shape index (κ3) is 2.90. The lowest BCUT2D eigenvalue weighted by atomic mass is 9.98. The Labute approximate surface area is 124 Å². The lowest BCUT2D eigenvalue weighted by Gasteiger charge is -2.37. The highest BCUT2D eigenvalue weighted by atomic mass is 32.1. The van der Waals surface area contributed by atoms with Crippen molar-refractivity contribution in [3.05, 3.63) is 22.4 Å². The van der Waals surface area contributed by atoms with Crippen molar-refractivity contribution in [2.45, 2.75) is 50.4 Å². The number of amides is 1. The molecule has 2 aliphatic rings. The van der Waals surface area contributed by atoms with E-state index < -0.39 is 0 Å². The summed E-state index contributed by atoms with van der Waals surface area (Å²) < 4.78 is 0. The van der Waals surface area contributed by atoms with Crippen molar-refractivity contribution in [2.75, 3.05) is 13.6 Å². The largest absolute Gasteiger partial charge is 0.340 e. The molecule has 0 spiro atoms. The summed E-state index contributed by atoms with van der Waals surface area (Å²) in [6.07, 6.45) is 4.53. The Balaban J connectivity index is 1.56. The van der Waals surface area contributed by atoms with Gasteiger partial charge in [-0.1, -0.05) is 6.07 Å². The van der Waals surface area contributed by atoms with Gasteiger partial charge in [0.05, 0.1) is 13.1 Å². The third-order valence-electron chi connectivity index (χ3n) is 4.64. The fourth-order valence-electron chi connectivity index (χ4n) is 3.58. The third-order valence-corrected chi connectivity index (χ3v) is 5.50. The van der Waals surface area contributed by atoms with Crippen LogP contribution in [0, 0.1) is 0 Å². The molecule has 2 bridgehead atoms. The van der Waals surface area contributed by atoms with Gasteiger partial charge in [0.25, 0.3) is 0 Å². The highest BCUT2D eigenvalue weighted by Crippen LogP contribution is 2.34. The van der Waals surface area contributed by atoms with Gasteiger partial charge in [0.2, 0.25) is 5.91 Å². The highest BCUT2D eigenvalue weighted by molar-refractivity contribution is 7.09. The van der Waals surface area contributed by atoms with Gasteiger partial charge in [-0.05, 0) is 37.1 Å². The maximum atomic E-state index is 12.4. The summed E-state index contributed by atoms with van der Waals surface area (Å²) in [4.78, 5) is 17.9. The first-order valence-electron chi connectivity index (χ1n) is 7.41. The smallest absolute Gasteiger partial charge is 0.236 e. The fraction of sp³-hybridized carbons (Fsp3) is 0.667. The average molecular weight is 293 g/mol. The second-order valence-corrected chi connectivity index (χ2v) is 7.15. The number of hydrogen-bond donors (Lipinski definition) is 1. The monoisotopic (exact) mass is 293 g/mol. The Kier molecular flexibility index (Phi) is 4.10. The zero-order valence-electron chi connectivity index (χ0n) is 12.0. The van der Waals surface area contributed by atoms with E-state index in [1.165, 1.54) is 17.7 Å². The van der Waals surface area contributed by atoms with Gasteiger partial charge in [-0.25, -0.2) is 0 Å². The van der Waals surface area contributed by atoms with E-state index in [0.29, 0.717) is 24.7 Å². The molecule has 3 heterocycles. The molecule has 2 fully saturated rings. The zero-order valence-corrected chi connectivity index (χ0v) is 12.8. The Bertz CT molecular complexity index is 448. The van der Waals surface area contributed by atoms with E-state index in [9.17, 15) is 4.79 Å². The topological polar surface area (TPSA) is 49.6 Å². The van der Waals surface area contributed by atoms with Crippen LogP contribution in [0.4, 0.5) is 0 Å². The van der Waals surface area contributed by atoms with Gasteiger partial charge in [-0.2, -0.15) is 0 Å². The average Bonchev–Trinajstić information content (AvgIpc) is 2.98. The minimum atomic E-state index is 0.228. The molecule has 0 aromatic carbocycles. The zero-order chi connectivity index (χ0) is 14.1. The second kappa shape index (κ2) is 5.84. The van der Waals surface area contributed by atoms with Crippen molar-refractivity contribution in [3.8, 4) is 0 Å². The van der Waals surface area contributed by atoms with E-state index in [1.54, 1.807) is 11.3 Å². The summed E-state index contributed by atoms with van der Waals surface area (Å²) >= 11 is 1.70. The van der Waals surface area contributed by atoms with Crippen LogP contribution in [0.15, 0.2) is 17.5 Å². The van der Waals surface area contributed by atoms with Crippen LogP contribution < -0.4 is 5.73 Å². The molecule has 4 nitrogen and oxygen atoms in total. The van der Waals surface area contributed by atoms with Crippen LogP contribution in [-0.2, 0) is 11.3 Å². The summed E-state index contributed by atoms with van der Waals surface area (Å²) in [7, 11) is 1.90. The lowest BCUT2D eigenvalue weighted by Crippen LogP contribution is -2.50. The molecule has 2 saturated heterocycles. The molecular formula is C15H23N3OS. The molecule has 5 heteroatoms. The van der Waals surface area contributed by atoms with Gasteiger partial charge in [-0.3, -0.25) is 9.69 Å². The number of rotatable bonds is 4. The molecule has 2 atom stereocenters. The normalized spacial score (nSPS) is 29.6. The highest BCUT2D eigenvalue weighted by Gasteiger charge is 2.40. The standard InChI is InChI=1S/C15H23N3OS/c1-17(9-14-3-2-6-20-14)15(19)10-18-12-4-5-13(18)8-11(16)7-12/h2-3,6,11-13H,4-5,7-10,16H2,1H3. The van der Waals surface area contributed by atoms with Crippen molar-refractivity contribution in [2.24, 2.45) is 5.73 Å². The first kappa shape index (κ1) is 14.0. The van der Waals surface area contributed by atoms with Crippen molar-refractivity contribution in [1.82, 2.24) is 9.80 Å². The molecule has 1 amide bonds. The maximum Gasteiger partial charge on any atom is 0.236 e. The number of carbonyl (C=O) groups is 1. The molecule has 1 aromatic rings. The summed E-state index contributed by atoms with van der Waals surface area (Å²) in [5.41, 5.74) is 6.08. The Hall–Kier alpha value is -0.910. The van der Waals surface area contributed by atoms with Crippen LogP contribution in [0.5, 0.6) is 0 Å². The minimum absolute atomic E-state index is 0.228. The number of nitrogens with two attached hydrogens (primary N) is 1. The number of hydrogen-bond acceptors (Lipinski definition) is 4. The molecular weight excluding hydrogens is 270 g/mol. The van der Waals surface area contributed by atoms with Gasteiger partial charge in [0, 0.05) is 30.1 Å². The van der Waals surface area contributed by atoms with E-state index in [-0.39, 0.29) is 5.91 Å².